The first-order chi connectivity index (χ1) is 14.5. The molecule has 0 aromatic carbocycles. The van der Waals surface area contributed by atoms with Gasteiger partial charge in [0, 0.05) is 30.3 Å². The van der Waals surface area contributed by atoms with E-state index < -0.39 is 6.10 Å². The van der Waals surface area contributed by atoms with Gasteiger partial charge in [0.2, 0.25) is 0 Å². The van der Waals surface area contributed by atoms with E-state index in [0.29, 0.717) is 5.92 Å². The minimum atomic E-state index is -0.486. The quantitative estimate of drug-likeness (QED) is 0.566. The van der Waals surface area contributed by atoms with Gasteiger partial charge in [-0.3, -0.25) is 4.79 Å². The molecule has 1 saturated carbocycles. The zero-order valence-corrected chi connectivity index (χ0v) is 18.9. The smallest absolute Gasteiger partial charge is 0.311 e. The Morgan fingerprint density at radius 2 is 1.87 bits per heavy atom. The summed E-state index contributed by atoms with van der Waals surface area (Å²) >= 11 is 0. The predicted molar refractivity (Wildman–Crippen MR) is 117 cm³/mol. The first-order valence-corrected chi connectivity index (χ1v) is 12.5. The molecular weight excluding hydrogens is 376 g/mol. The second-order valence-corrected chi connectivity index (χ2v) is 10.9. The fourth-order valence-electron chi connectivity index (χ4n) is 7.30. The summed E-state index contributed by atoms with van der Waals surface area (Å²) in [4.78, 5) is 18.0. The number of fused-ring (bicyclic) bond motifs is 2. The van der Waals surface area contributed by atoms with E-state index in [1.165, 1.54) is 50.8 Å². The number of aliphatic hydroxyl groups excluding tert-OH is 1. The molecule has 4 fully saturated rings. The minimum Gasteiger partial charge on any atom is -0.461 e. The fraction of sp³-hybridized carbons (Fsp3) is 0.880. The Balaban J connectivity index is 1.25. The third kappa shape index (κ3) is 3.45. The van der Waals surface area contributed by atoms with Crippen molar-refractivity contribution in [2.75, 3.05) is 32.7 Å². The Hall–Kier alpha value is -0.910. The highest BCUT2D eigenvalue weighted by atomic mass is 16.6. The number of nitrogens with zero attached hydrogens (tertiary/aromatic N) is 2. The third-order valence-electron chi connectivity index (χ3n) is 9.49. The van der Waals surface area contributed by atoms with Crippen molar-refractivity contribution in [3.8, 4) is 0 Å². The Kier molecular flexibility index (Phi) is 5.74. The van der Waals surface area contributed by atoms with Gasteiger partial charge < -0.3 is 19.6 Å². The van der Waals surface area contributed by atoms with E-state index in [2.05, 4.69) is 29.7 Å². The van der Waals surface area contributed by atoms with Gasteiger partial charge in [0.15, 0.2) is 0 Å². The van der Waals surface area contributed by atoms with Crippen molar-refractivity contribution < 1.29 is 14.6 Å². The zero-order chi connectivity index (χ0) is 20.9. The minimum absolute atomic E-state index is 0.0555. The summed E-state index contributed by atoms with van der Waals surface area (Å²) in [5, 5.41) is 11.5. The summed E-state index contributed by atoms with van der Waals surface area (Å²) < 4.78 is 5.86. The lowest BCUT2D eigenvalue weighted by atomic mass is 9.55. The maximum Gasteiger partial charge on any atom is 0.311 e. The first kappa shape index (κ1) is 21.0. The van der Waals surface area contributed by atoms with Crippen LogP contribution in [0.5, 0.6) is 0 Å². The van der Waals surface area contributed by atoms with Crippen LogP contribution >= 0.6 is 0 Å². The van der Waals surface area contributed by atoms with E-state index in [9.17, 15) is 9.90 Å². The number of likely N-dealkylation sites (tertiary alicyclic amines) is 2. The summed E-state index contributed by atoms with van der Waals surface area (Å²) in [7, 11) is 0. The summed E-state index contributed by atoms with van der Waals surface area (Å²) in [6, 6.07) is 0.722. The van der Waals surface area contributed by atoms with Gasteiger partial charge in [0.1, 0.15) is 6.10 Å². The van der Waals surface area contributed by atoms with Gasteiger partial charge >= 0.3 is 5.97 Å². The van der Waals surface area contributed by atoms with Crippen LogP contribution in [0.15, 0.2) is 11.6 Å². The average molecular weight is 417 g/mol. The van der Waals surface area contributed by atoms with Crippen LogP contribution in [0.1, 0.15) is 65.2 Å². The third-order valence-corrected chi connectivity index (χ3v) is 9.49. The van der Waals surface area contributed by atoms with Crippen LogP contribution in [0.4, 0.5) is 0 Å². The molecule has 1 N–H and O–H groups in total. The Labute approximate surface area is 181 Å². The molecule has 5 aliphatic rings. The van der Waals surface area contributed by atoms with Crippen molar-refractivity contribution in [1.82, 2.24) is 9.80 Å². The highest BCUT2D eigenvalue weighted by Gasteiger charge is 2.59. The summed E-state index contributed by atoms with van der Waals surface area (Å²) in [6.07, 6.45) is 11.2. The van der Waals surface area contributed by atoms with Crippen LogP contribution in [-0.2, 0) is 9.53 Å². The molecule has 2 aliphatic carbocycles. The second-order valence-electron chi connectivity index (χ2n) is 10.9. The van der Waals surface area contributed by atoms with Crippen molar-refractivity contribution in [2.45, 2.75) is 83.5 Å². The standard InChI is InChI=1S/C25H40N2O3/c1-17-7-6-8-18-15-21-22(23(28)25(17,18)2)20(24(29)30-21)16-26-13-9-19(10-14-26)27-11-4-3-5-12-27/h8,17,19-23,28H,3-7,9-16H2,1-2H3/t17-,20-,21+,22+,23+,25+/m0/s1. The number of carbonyl (C=O) groups excluding carboxylic acids is 1. The molecule has 3 heterocycles. The van der Waals surface area contributed by atoms with Crippen LogP contribution in [0.2, 0.25) is 0 Å². The molecule has 0 unspecified atom stereocenters. The van der Waals surface area contributed by atoms with Gasteiger partial charge in [-0.1, -0.05) is 31.9 Å². The van der Waals surface area contributed by atoms with Crippen molar-refractivity contribution in [2.24, 2.45) is 23.2 Å². The number of piperidine rings is 2. The molecule has 5 nitrogen and oxygen atoms in total. The van der Waals surface area contributed by atoms with E-state index in [4.69, 9.17) is 4.74 Å². The van der Waals surface area contributed by atoms with E-state index in [-0.39, 0.29) is 29.3 Å². The Morgan fingerprint density at radius 3 is 2.60 bits per heavy atom. The molecule has 0 spiro atoms. The maximum absolute atomic E-state index is 12.9. The Morgan fingerprint density at radius 1 is 1.13 bits per heavy atom. The van der Waals surface area contributed by atoms with Crippen molar-refractivity contribution in [1.29, 1.82) is 0 Å². The number of carbonyl (C=O) groups is 1. The second kappa shape index (κ2) is 8.22. The highest BCUT2D eigenvalue weighted by Crippen LogP contribution is 2.56. The maximum atomic E-state index is 12.9. The molecule has 3 aliphatic heterocycles. The number of esters is 1. The molecule has 6 atom stereocenters. The number of rotatable bonds is 3. The van der Waals surface area contributed by atoms with Gasteiger partial charge in [0.25, 0.3) is 0 Å². The lowest BCUT2D eigenvalue weighted by Crippen LogP contribution is -2.55. The molecular formula is C25H40N2O3. The van der Waals surface area contributed by atoms with Crippen LogP contribution in [0.25, 0.3) is 0 Å². The van der Waals surface area contributed by atoms with E-state index >= 15 is 0 Å². The molecule has 30 heavy (non-hydrogen) atoms. The van der Waals surface area contributed by atoms with Crippen molar-refractivity contribution in [3.05, 3.63) is 11.6 Å². The molecule has 0 aromatic rings. The molecule has 3 saturated heterocycles. The summed E-state index contributed by atoms with van der Waals surface area (Å²) in [6.45, 7) is 9.92. The molecule has 5 heteroatoms. The number of aliphatic hydroxyl groups is 1. The number of hydrogen-bond donors (Lipinski definition) is 1. The number of allylic oxidation sites excluding steroid dienone is 1. The SMILES string of the molecule is C[C@H]1CCC=C2C[C@H]3OC(=O)[C@@H](CN4CCC(N5CCCCC5)CC4)[C@H]3[C@@H](O)[C@@]21C. The number of ether oxygens (including phenoxy) is 1. The molecule has 0 radical (unpaired) electrons. The summed E-state index contributed by atoms with van der Waals surface area (Å²) in [5.74, 6) is 0.145. The van der Waals surface area contributed by atoms with Gasteiger partial charge in [-0.25, -0.2) is 0 Å². The predicted octanol–water partition coefficient (Wildman–Crippen LogP) is 3.22. The molecule has 5 rings (SSSR count). The first-order valence-electron chi connectivity index (χ1n) is 12.5. The average Bonchev–Trinajstić information content (AvgIpc) is 3.07. The highest BCUT2D eigenvalue weighted by molar-refractivity contribution is 5.76. The van der Waals surface area contributed by atoms with Crippen LogP contribution in [-0.4, -0.2) is 71.8 Å². The Bertz CT molecular complexity index is 680. The molecule has 0 amide bonds. The van der Waals surface area contributed by atoms with Gasteiger partial charge in [-0.2, -0.15) is 0 Å². The van der Waals surface area contributed by atoms with Crippen molar-refractivity contribution >= 4 is 5.97 Å². The lowest BCUT2D eigenvalue weighted by Gasteiger charge is -2.52. The normalized spacial score (nSPS) is 43.6. The largest absolute Gasteiger partial charge is 0.461 e. The van der Waals surface area contributed by atoms with Gasteiger partial charge in [-0.15, -0.1) is 0 Å². The van der Waals surface area contributed by atoms with E-state index in [1.807, 2.05) is 0 Å². The van der Waals surface area contributed by atoms with Gasteiger partial charge in [-0.05, 0) is 70.6 Å². The molecule has 168 valence electrons. The molecule has 0 bridgehead atoms. The van der Waals surface area contributed by atoms with E-state index in [1.54, 1.807) is 0 Å². The fourth-order valence-corrected chi connectivity index (χ4v) is 7.30. The van der Waals surface area contributed by atoms with Gasteiger partial charge in [0.05, 0.1) is 12.0 Å². The van der Waals surface area contributed by atoms with Crippen molar-refractivity contribution in [3.63, 3.8) is 0 Å². The lowest BCUT2D eigenvalue weighted by molar-refractivity contribution is -0.145. The molecule has 0 aromatic heterocycles. The zero-order valence-electron chi connectivity index (χ0n) is 18.9. The van der Waals surface area contributed by atoms with Crippen LogP contribution in [0.3, 0.4) is 0 Å². The summed E-state index contributed by atoms with van der Waals surface area (Å²) in [5.41, 5.74) is 1.12. The van der Waals surface area contributed by atoms with Crippen LogP contribution in [0, 0.1) is 23.2 Å². The topological polar surface area (TPSA) is 53.0 Å². The monoisotopic (exact) mass is 416 g/mol. The van der Waals surface area contributed by atoms with Crippen LogP contribution < -0.4 is 0 Å². The number of hydrogen-bond acceptors (Lipinski definition) is 5. The van der Waals surface area contributed by atoms with E-state index in [0.717, 1.165) is 44.9 Å².